The zero-order valence-corrected chi connectivity index (χ0v) is 21.0. The molecule has 2 fully saturated rings. The molecule has 5 nitrogen and oxygen atoms in total. The van der Waals surface area contributed by atoms with E-state index in [2.05, 4.69) is 15.9 Å². The third-order valence-electron chi connectivity index (χ3n) is 7.20. The maximum absolute atomic E-state index is 12.7. The molecule has 0 radical (unpaired) electrons. The predicted octanol–water partition coefficient (Wildman–Crippen LogP) is 5.72. The quantitative estimate of drug-likeness (QED) is 0.432. The van der Waals surface area contributed by atoms with Crippen molar-refractivity contribution in [2.75, 3.05) is 39.8 Å². The van der Waals surface area contributed by atoms with Gasteiger partial charge in [-0.3, -0.25) is 9.69 Å². The number of nitrogens with zero attached hydrogens (tertiary/aromatic N) is 2. The molecule has 1 atom stereocenters. The second-order valence-electron chi connectivity index (χ2n) is 9.58. The van der Waals surface area contributed by atoms with Crippen LogP contribution < -0.4 is 4.74 Å². The number of carbonyl (C=O) groups excluding carboxylic acids is 1. The molecule has 1 saturated heterocycles. The van der Waals surface area contributed by atoms with Gasteiger partial charge in [-0.1, -0.05) is 61.5 Å². The predicted molar refractivity (Wildman–Crippen MR) is 136 cm³/mol. The molecule has 0 bridgehead atoms. The minimum Gasteiger partial charge on any atom is -0.497 e. The Labute approximate surface area is 209 Å². The maximum Gasteiger partial charge on any atom is 0.222 e. The van der Waals surface area contributed by atoms with Crippen LogP contribution in [0.1, 0.15) is 55.8 Å². The minimum atomic E-state index is -0.0984. The summed E-state index contributed by atoms with van der Waals surface area (Å²) in [5.41, 5.74) is 2.15. The highest BCUT2D eigenvalue weighted by atomic mass is 35.5. The number of carbonyl (C=O) groups is 1. The molecule has 0 N–H and O–H groups in total. The van der Waals surface area contributed by atoms with Crippen molar-refractivity contribution in [3.8, 4) is 5.75 Å². The molecule has 0 spiro atoms. The number of halogens is 1. The van der Waals surface area contributed by atoms with Crippen molar-refractivity contribution in [3.05, 3.63) is 64.7 Å². The van der Waals surface area contributed by atoms with Crippen LogP contribution in [0.2, 0.25) is 5.02 Å². The fourth-order valence-corrected chi connectivity index (χ4v) is 5.33. The Morgan fingerprint density at radius 3 is 2.56 bits per heavy atom. The minimum absolute atomic E-state index is 0.0984. The van der Waals surface area contributed by atoms with Crippen LogP contribution in [0.15, 0.2) is 48.5 Å². The summed E-state index contributed by atoms with van der Waals surface area (Å²) in [6, 6.07) is 15.9. The molecule has 4 rings (SSSR count). The Morgan fingerprint density at radius 2 is 1.82 bits per heavy atom. The topological polar surface area (TPSA) is 42.0 Å². The smallest absolute Gasteiger partial charge is 0.222 e. The van der Waals surface area contributed by atoms with E-state index < -0.39 is 0 Å². The molecule has 184 valence electrons. The van der Waals surface area contributed by atoms with Crippen molar-refractivity contribution in [2.24, 2.45) is 5.92 Å². The van der Waals surface area contributed by atoms with Gasteiger partial charge in [-0.2, -0.15) is 0 Å². The van der Waals surface area contributed by atoms with Crippen LogP contribution in [-0.4, -0.2) is 55.5 Å². The van der Waals surface area contributed by atoms with Crippen LogP contribution in [-0.2, 0) is 16.1 Å². The molecular formula is C28H37ClN2O3. The maximum atomic E-state index is 12.7. The number of benzene rings is 2. The summed E-state index contributed by atoms with van der Waals surface area (Å²) in [4.78, 5) is 17.2. The van der Waals surface area contributed by atoms with Crippen LogP contribution >= 0.6 is 11.6 Å². The van der Waals surface area contributed by atoms with Crippen LogP contribution in [0.5, 0.6) is 5.75 Å². The van der Waals surface area contributed by atoms with E-state index in [4.69, 9.17) is 21.1 Å². The fourth-order valence-electron chi connectivity index (χ4n) is 5.12. The molecular weight excluding hydrogens is 448 g/mol. The highest BCUT2D eigenvalue weighted by Gasteiger charge is 2.25. The summed E-state index contributed by atoms with van der Waals surface area (Å²) in [6.07, 6.45) is 6.97. The molecule has 1 heterocycles. The van der Waals surface area contributed by atoms with E-state index in [1.165, 1.54) is 25.7 Å². The van der Waals surface area contributed by atoms with E-state index in [1.54, 1.807) is 7.11 Å². The Morgan fingerprint density at radius 1 is 1.06 bits per heavy atom. The van der Waals surface area contributed by atoms with Gasteiger partial charge in [0, 0.05) is 44.2 Å². The summed E-state index contributed by atoms with van der Waals surface area (Å²) < 4.78 is 11.8. The highest BCUT2D eigenvalue weighted by Crippen LogP contribution is 2.29. The first-order valence-electron chi connectivity index (χ1n) is 12.6. The monoisotopic (exact) mass is 484 g/mol. The van der Waals surface area contributed by atoms with E-state index >= 15 is 0 Å². The Bertz CT molecular complexity index is 923. The lowest BCUT2D eigenvalue weighted by Gasteiger charge is -2.36. The third-order valence-corrected chi connectivity index (χ3v) is 7.43. The van der Waals surface area contributed by atoms with E-state index in [-0.39, 0.29) is 6.10 Å². The average Bonchev–Trinajstić information content (AvgIpc) is 3.39. The van der Waals surface area contributed by atoms with Crippen molar-refractivity contribution < 1.29 is 14.3 Å². The van der Waals surface area contributed by atoms with Gasteiger partial charge in [-0.15, -0.1) is 0 Å². The van der Waals surface area contributed by atoms with Gasteiger partial charge in [0.05, 0.1) is 19.8 Å². The molecule has 6 heteroatoms. The van der Waals surface area contributed by atoms with Gasteiger partial charge in [-0.25, -0.2) is 0 Å². The van der Waals surface area contributed by atoms with Gasteiger partial charge >= 0.3 is 0 Å². The lowest BCUT2D eigenvalue weighted by molar-refractivity contribution is -0.133. The summed E-state index contributed by atoms with van der Waals surface area (Å²) >= 11 is 6.16. The first kappa shape index (κ1) is 25.0. The number of amides is 1. The van der Waals surface area contributed by atoms with Gasteiger partial charge in [0.1, 0.15) is 5.75 Å². The molecule has 2 aromatic carbocycles. The molecule has 1 saturated carbocycles. The summed E-state index contributed by atoms with van der Waals surface area (Å²) in [7, 11) is 1.68. The largest absolute Gasteiger partial charge is 0.497 e. The second kappa shape index (κ2) is 12.6. The molecule has 1 aliphatic heterocycles. The zero-order chi connectivity index (χ0) is 23.8. The van der Waals surface area contributed by atoms with Crippen molar-refractivity contribution in [3.63, 3.8) is 0 Å². The van der Waals surface area contributed by atoms with E-state index in [9.17, 15) is 4.79 Å². The molecule has 34 heavy (non-hydrogen) atoms. The lowest BCUT2D eigenvalue weighted by atomic mass is 10.0. The average molecular weight is 485 g/mol. The van der Waals surface area contributed by atoms with Crippen LogP contribution in [0, 0.1) is 5.92 Å². The summed E-state index contributed by atoms with van der Waals surface area (Å²) in [6.45, 7) is 4.59. The van der Waals surface area contributed by atoms with Gasteiger partial charge < -0.3 is 14.4 Å². The number of ether oxygens (including phenoxy) is 2. The van der Waals surface area contributed by atoms with Gasteiger partial charge in [0.15, 0.2) is 0 Å². The van der Waals surface area contributed by atoms with Crippen molar-refractivity contribution in [1.82, 2.24) is 9.80 Å². The Hall–Kier alpha value is -2.08. The normalized spacial score (nSPS) is 18.2. The van der Waals surface area contributed by atoms with Gasteiger partial charge in [-0.05, 0) is 47.7 Å². The molecule has 1 aliphatic carbocycles. The fraction of sp³-hybridized carbons (Fsp3) is 0.536. The molecule has 1 amide bonds. The van der Waals surface area contributed by atoms with Gasteiger partial charge in [0.25, 0.3) is 0 Å². The first-order valence-corrected chi connectivity index (χ1v) is 13.0. The number of methoxy groups -OCH3 is 1. The standard InChI is InChI=1S/C28H37ClN2O3/c1-33-26-11-5-9-24(19-26)27(34-21-23-8-4-10-25(29)18-23)20-30-14-16-31(17-15-30)28(32)13-12-22-6-2-3-7-22/h4-5,8-11,18-19,22,27H,2-3,6-7,12-17,20-21H2,1H3/t27-/m1/s1. The first-order chi connectivity index (χ1) is 16.6. The van der Waals surface area contributed by atoms with E-state index in [0.717, 1.165) is 61.9 Å². The molecule has 0 aromatic heterocycles. The van der Waals surface area contributed by atoms with Crippen molar-refractivity contribution in [2.45, 2.75) is 51.2 Å². The summed E-state index contributed by atoms with van der Waals surface area (Å²) in [5, 5.41) is 0.716. The Kier molecular flexibility index (Phi) is 9.25. The lowest BCUT2D eigenvalue weighted by Crippen LogP contribution is -2.49. The highest BCUT2D eigenvalue weighted by molar-refractivity contribution is 6.30. The van der Waals surface area contributed by atoms with E-state index in [0.29, 0.717) is 24.0 Å². The van der Waals surface area contributed by atoms with Crippen molar-refractivity contribution >= 4 is 17.5 Å². The number of hydrogen-bond donors (Lipinski definition) is 0. The molecule has 0 unspecified atom stereocenters. The second-order valence-corrected chi connectivity index (χ2v) is 10.0. The SMILES string of the molecule is COc1cccc([C@@H](CN2CCN(C(=O)CCC3CCCC3)CC2)OCc2cccc(Cl)c2)c1. The van der Waals surface area contributed by atoms with Crippen molar-refractivity contribution in [1.29, 1.82) is 0 Å². The Balaban J connectivity index is 1.32. The number of hydrogen-bond acceptors (Lipinski definition) is 4. The summed E-state index contributed by atoms with van der Waals surface area (Å²) in [5.74, 6) is 1.92. The molecule has 2 aromatic rings. The zero-order valence-electron chi connectivity index (χ0n) is 20.3. The number of piperazine rings is 1. The number of rotatable bonds is 10. The molecule has 2 aliphatic rings. The van der Waals surface area contributed by atoms with Crippen LogP contribution in [0.4, 0.5) is 0 Å². The van der Waals surface area contributed by atoms with E-state index in [1.807, 2.05) is 42.5 Å². The van der Waals surface area contributed by atoms with Gasteiger partial charge in [0.2, 0.25) is 5.91 Å². The third kappa shape index (κ3) is 7.21. The van der Waals surface area contributed by atoms with Crippen LogP contribution in [0.25, 0.3) is 0 Å². The van der Waals surface area contributed by atoms with Crippen LogP contribution in [0.3, 0.4) is 0 Å².